The van der Waals surface area contributed by atoms with Crippen molar-refractivity contribution in [2.24, 2.45) is 0 Å². The van der Waals surface area contributed by atoms with E-state index in [1.807, 2.05) is 4.90 Å². The van der Waals surface area contributed by atoms with Gasteiger partial charge in [-0.25, -0.2) is 14.2 Å². The number of hydrogen-bond acceptors (Lipinski definition) is 5. The molecule has 2 aromatic rings. The number of hydrogen-bond donors (Lipinski definition) is 2. The van der Waals surface area contributed by atoms with E-state index in [-0.39, 0.29) is 18.4 Å². The van der Waals surface area contributed by atoms with Crippen molar-refractivity contribution in [3.8, 4) is 0 Å². The molecule has 1 amide bonds. The maximum atomic E-state index is 14.4. The van der Waals surface area contributed by atoms with Crippen LogP contribution in [-0.4, -0.2) is 60.8 Å². The summed E-state index contributed by atoms with van der Waals surface area (Å²) in [5, 5.41) is 2.49. The van der Waals surface area contributed by atoms with Gasteiger partial charge in [-0.3, -0.25) is 5.32 Å². The number of fused-ring (bicyclic) bond motifs is 1. The van der Waals surface area contributed by atoms with Crippen LogP contribution in [0.25, 0.3) is 11.0 Å². The fourth-order valence-electron chi connectivity index (χ4n) is 2.63. The number of aromatic amines is 1. The van der Waals surface area contributed by atoms with E-state index in [9.17, 15) is 9.18 Å². The third kappa shape index (κ3) is 3.37. The topological polar surface area (TPSA) is 73.5 Å². The molecular formula is C15H20FN5O2. The molecule has 1 aromatic heterocycles. The Morgan fingerprint density at radius 3 is 2.83 bits per heavy atom. The molecule has 0 spiro atoms. The van der Waals surface area contributed by atoms with Crippen LogP contribution >= 0.6 is 0 Å². The highest BCUT2D eigenvalue weighted by Crippen LogP contribution is 2.26. The smallest absolute Gasteiger partial charge is 0.413 e. The Hall–Kier alpha value is -2.35. The van der Waals surface area contributed by atoms with E-state index in [0.717, 1.165) is 26.2 Å². The lowest BCUT2D eigenvalue weighted by molar-refractivity contribution is 0.167. The molecule has 2 heterocycles. The number of nitrogens with zero attached hydrogens (tertiary/aromatic N) is 3. The highest BCUT2D eigenvalue weighted by atomic mass is 19.1. The van der Waals surface area contributed by atoms with Gasteiger partial charge in [0.1, 0.15) is 5.82 Å². The lowest BCUT2D eigenvalue weighted by atomic mass is 10.2. The summed E-state index contributed by atoms with van der Waals surface area (Å²) >= 11 is 0. The monoisotopic (exact) mass is 321 g/mol. The van der Waals surface area contributed by atoms with Crippen LogP contribution in [0.4, 0.5) is 20.8 Å². The first kappa shape index (κ1) is 15.5. The molecule has 2 N–H and O–H groups in total. The molecule has 0 saturated carbocycles. The number of rotatable bonds is 3. The Balaban J connectivity index is 1.84. The quantitative estimate of drug-likeness (QED) is 0.905. The van der Waals surface area contributed by atoms with Crippen LogP contribution in [0.5, 0.6) is 0 Å². The number of nitrogens with one attached hydrogen (secondary N) is 2. The summed E-state index contributed by atoms with van der Waals surface area (Å²) in [6.07, 6.45) is -0.591. The second-order valence-electron chi connectivity index (χ2n) is 5.54. The summed E-state index contributed by atoms with van der Waals surface area (Å²) in [4.78, 5) is 22.8. The summed E-state index contributed by atoms with van der Waals surface area (Å²) in [7, 11) is 2.05. The number of imidazole rings is 1. The molecule has 0 radical (unpaired) electrons. The molecule has 1 aliphatic rings. The largest absolute Gasteiger partial charge is 0.450 e. The number of aromatic nitrogens is 2. The number of halogens is 1. The highest BCUT2D eigenvalue weighted by molar-refractivity contribution is 5.87. The predicted molar refractivity (Wildman–Crippen MR) is 86.4 cm³/mol. The fraction of sp³-hybridized carbons (Fsp3) is 0.467. The average molecular weight is 321 g/mol. The van der Waals surface area contributed by atoms with Crippen molar-refractivity contribution in [1.82, 2.24) is 14.9 Å². The number of carbonyl (C=O) groups is 1. The number of H-pyrrole nitrogens is 1. The van der Waals surface area contributed by atoms with Gasteiger partial charge in [-0.2, -0.15) is 0 Å². The Morgan fingerprint density at radius 2 is 2.13 bits per heavy atom. The van der Waals surface area contributed by atoms with E-state index in [1.54, 1.807) is 13.0 Å². The van der Waals surface area contributed by atoms with Gasteiger partial charge >= 0.3 is 6.09 Å². The SMILES string of the molecule is CCOC(=O)Nc1nc2cc(N3CCN(C)CC3)c(F)cc2[nH]1. The van der Waals surface area contributed by atoms with Gasteiger partial charge in [-0.05, 0) is 20.0 Å². The first-order chi connectivity index (χ1) is 11.1. The number of likely N-dealkylation sites (N-methyl/N-ethyl adjacent to an activating group) is 1. The molecule has 7 nitrogen and oxygen atoms in total. The minimum atomic E-state index is -0.591. The Labute approximate surface area is 133 Å². The van der Waals surface area contributed by atoms with E-state index >= 15 is 0 Å². The van der Waals surface area contributed by atoms with Gasteiger partial charge in [0.2, 0.25) is 5.95 Å². The molecule has 1 saturated heterocycles. The van der Waals surface area contributed by atoms with E-state index < -0.39 is 6.09 Å². The molecule has 0 unspecified atom stereocenters. The van der Waals surface area contributed by atoms with Gasteiger partial charge in [0.05, 0.1) is 23.3 Å². The van der Waals surface area contributed by atoms with Crippen molar-refractivity contribution < 1.29 is 13.9 Å². The van der Waals surface area contributed by atoms with Crippen molar-refractivity contribution in [2.45, 2.75) is 6.92 Å². The molecule has 0 bridgehead atoms. The van der Waals surface area contributed by atoms with Crippen molar-refractivity contribution in [3.63, 3.8) is 0 Å². The van der Waals surface area contributed by atoms with Gasteiger partial charge in [0.15, 0.2) is 0 Å². The first-order valence-electron chi connectivity index (χ1n) is 7.63. The van der Waals surface area contributed by atoms with Crippen molar-refractivity contribution in [2.75, 3.05) is 50.1 Å². The third-order valence-corrected chi connectivity index (χ3v) is 3.89. The fourth-order valence-corrected chi connectivity index (χ4v) is 2.63. The maximum Gasteiger partial charge on any atom is 0.413 e. The summed E-state index contributed by atoms with van der Waals surface area (Å²) in [5.41, 5.74) is 1.68. The molecule has 0 atom stereocenters. The molecule has 23 heavy (non-hydrogen) atoms. The van der Waals surface area contributed by atoms with Crippen molar-refractivity contribution in [3.05, 3.63) is 17.9 Å². The summed E-state index contributed by atoms with van der Waals surface area (Å²) in [5.74, 6) is -0.0539. The van der Waals surface area contributed by atoms with Crippen molar-refractivity contribution >= 4 is 28.8 Å². The second-order valence-corrected chi connectivity index (χ2v) is 5.54. The van der Waals surface area contributed by atoms with Crippen LogP contribution in [0.2, 0.25) is 0 Å². The van der Waals surface area contributed by atoms with E-state index in [2.05, 4.69) is 27.2 Å². The van der Waals surface area contributed by atoms with Gasteiger partial charge in [0.25, 0.3) is 0 Å². The van der Waals surface area contributed by atoms with Crippen LogP contribution < -0.4 is 10.2 Å². The number of piperazine rings is 1. The van der Waals surface area contributed by atoms with E-state index in [1.165, 1.54) is 6.07 Å². The average Bonchev–Trinajstić information content (AvgIpc) is 2.88. The molecule has 1 aromatic carbocycles. The zero-order chi connectivity index (χ0) is 16.4. The number of anilines is 2. The second kappa shape index (κ2) is 6.41. The van der Waals surface area contributed by atoms with E-state index in [4.69, 9.17) is 4.74 Å². The zero-order valence-corrected chi connectivity index (χ0v) is 13.2. The van der Waals surface area contributed by atoms with Crippen molar-refractivity contribution in [1.29, 1.82) is 0 Å². The minimum Gasteiger partial charge on any atom is -0.450 e. The summed E-state index contributed by atoms with van der Waals surface area (Å²) in [6.45, 7) is 5.33. The first-order valence-corrected chi connectivity index (χ1v) is 7.63. The molecule has 1 aliphatic heterocycles. The molecule has 124 valence electrons. The predicted octanol–water partition coefficient (Wildman–Crippen LogP) is 2.02. The number of carbonyl (C=O) groups excluding carboxylic acids is 1. The molecule has 0 aliphatic carbocycles. The van der Waals surface area contributed by atoms with Gasteiger partial charge in [0, 0.05) is 32.2 Å². The lowest BCUT2D eigenvalue weighted by Crippen LogP contribution is -2.44. The van der Waals surface area contributed by atoms with Gasteiger partial charge < -0.3 is 19.5 Å². The molecule has 8 heteroatoms. The summed E-state index contributed by atoms with van der Waals surface area (Å²) in [6, 6.07) is 3.12. The van der Waals surface area contributed by atoms with Gasteiger partial charge in [-0.1, -0.05) is 0 Å². The van der Waals surface area contributed by atoms with Crippen LogP contribution in [0.15, 0.2) is 12.1 Å². The van der Waals surface area contributed by atoms with Crippen LogP contribution in [-0.2, 0) is 4.74 Å². The Morgan fingerprint density at radius 1 is 1.39 bits per heavy atom. The molecule has 3 rings (SSSR count). The number of ether oxygens (including phenoxy) is 1. The van der Waals surface area contributed by atoms with Crippen LogP contribution in [0.1, 0.15) is 6.92 Å². The number of amides is 1. The standard InChI is InChI=1S/C15H20FN5O2/c1-3-23-15(22)19-14-17-11-8-10(16)13(9-12(11)18-14)21-6-4-20(2)5-7-21/h8-9H,3-7H2,1-2H3,(H2,17,18,19,22). The Kier molecular flexibility index (Phi) is 4.33. The van der Waals surface area contributed by atoms with E-state index in [0.29, 0.717) is 16.7 Å². The molecule has 1 fully saturated rings. The highest BCUT2D eigenvalue weighted by Gasteiger charge is 2.19. The number of benzene rings is 1. The van der Waals surface area contributed by atoms with Crippen LogP contribution in [0.3, 0.4) is 0 Å². The third-order valence-electron chi connectivity index (χ3n) is 3.89. The van der Waals surface area contributed by atoms with Gasteiger partial charge in [-0.15, -0.1) is 0 Å². The minimum absolute atomic E-state index is 0.244. The maximum absolute atomic E-state index is 14.4. The normalized spacial score (nSPS) is 15.9. The lowest BCUT2D eigenvalue weighted by Gasteiger charge is -2.34. The molecular weight excluding hydrogens is 301 g/mol. The Bertz CT molecular complexity index is 709. The summed E-state index contributed by atoms with van der Waals surface area (Å²) < 4.78 is 19.2. The van der Waals surface area contributed by atoms with Crippen LogP contribution in [0, 0.1) is 5.82 Å². The zero-order valence-electron chi connectivity index (χ0n) is 13.2.